The highest BCUT2D eigenvalue weighted by Crippen LogP contribution is 2.16. The number of carbonyl (C=O) groups excluding carboxylic acids is 1. The van der Waals surface area contributed by atoms with Crippen LogP contribution >= 0.6 is 0 Å². The zero-order chi connectivity index (χ0) is 14.5. The van der Waals surface area contributed by atoms with Crippen LogP contribution in [0.1, 0.15) is 17.4 Å². The van der Waals surface area contributed by atoms with Crippen molar-refractivity contribution < 1.29 is 9.53 Å². The Morgan fingerprint density at radius 1 is 1.60 bits per heavy atom. The highest BCUT2D eigenvalue weighted by atomic mass is 16.5. The van der Waals surface area contributed by atoms with E-state index in [4.69, 9.17) is 16.2 Å². The summed E-state index contributed by atoms with van der Waals surface area (Å²) in [5.74, 6) is -0.0994. The summed E-state index contributed by atoms with van der Waals surface area (Å²) >= 11 is 0. The quantitative estimate of drug-likeness (QED) is 0.694. The van der Waals surface area contributed by atoms with Crippen LogP contribution in [-0.4, -0.2) is 54.7 Å². The molecule has 110 valence electrons. The maximum atomic E-state index is 11.1. The summed E-state index contributed by atoms with van der Waals surface area (Å²) in [5.41, 5.74) is 11.7. The zero-order valence-electron chi connectivity index (χ0n) is 11.6. The lowest BCUT2D eigenvalue weighted by atomic mass is 10.2. The number of nitrogen functional groups attached to an aromatic ring is 1. The molecule has 7 heteroatoms. The number of ether oxygens (including phenoxy) is 1. The van der Waals surface area contributed by atoms with Crippen LogP contribution in [0.2, 0.25) is 0 Å². The Morgan fingerprint density at radius 2 is 2.40 bits per heavy atom. The first-order valence-electron chi connectivity index (χ1n) is 6.74. The fraction of sp³-hybridized carbons (Fsp3) is 0.538. The van der Waals surface area contributed by atoms with Gasteiger partial charge in [0.05, 0.1) is 18.4 Å². The standard InChI is InChI=1S/C13H21N5O2/c1-2-18-5-6-20-9(8-18)7-16-13-10(14)3-4-11(17-13)12(15)19/h3-4,9H,2,5-8,14H2,1H3,(H2,15,19)(H,16,17). The largest absolute Gasteiger partial charge is 0.396 e. The lowest BCUT2D eigenvalue weighted by Crippen LogP contribution is -2.45. The Morgan fingerprint density at radius 3 is 3.10 bits per heavy atom. The van der Waals surface area contributed by atoms with Crippen molar-refractivity contribution in [2.45, 2.75) is 13.0 Å². The van der Waals surface area contributed by atoms with Gasteiger partial charge in [-0.1, -0.05) is 6.92 Å². The molecule has 1 amide bonds. The summed E-state index contributed by atoms with van der Waals surface area (Å²) in [6.45, 7) is 6.30. The SMILES string of the molecule is CCN1CCOC(CNc2nc(C(N)=O)ccc2N)C1. The molecule has 1 fully saturated rings. The average Bonchev–Trinajstić information content (AvgIpc) is 2.46. The molecule has 1 aromatic rings. The number of aromatic nitrogens is 1. The van der Waals surface area contributed by atoms with Crippen LogP contribution in [0.4, 0.5) is 11.5 Å². The molecule has 0 bridgehead atoms. The first kappa shape index (κ1) is 14.5. The van der Waals surface area contributed by atoms with Gasteiger partial charge < -0.3 is 21.5 Å². The molecule has 7 nitrogen and oxygen atoms in total. The molecule has 0 saturated carbocycles. The van der Waals surface area contributed by atoms with Crippen LogP contribution in [0.3, 0.4) is 0 Å². The Hall–Kier alpha value is -1.86. The van der Waals surface area contributed by atoms with Crippen LogP contribution < -0.4 is 16.8 Å². The van der Waals surface area contributed by atoms with E-state index < -0.39 is 5.91 Å². The maximum Gasteiger partial charge on any atom is 0.267 e. The van der Waals surface area contributed by atoms with Gasteiger partial charge in [0.2, 0.25) is 0 Å². The predicted molar refractivity (Wildman–Crippen MR) is 77.5 cm³/mol. The minimum atomic E-state index is -0.570. The van der Waals surface area contributed by atoms with Gasteiger partial charge in [0.1, 0.15) is 11.5 Å². The van der Waals surface area contributed by atoms with Crippen LogP contribution in [0.25, 0.3) is 0 Å². The topological polar surface area (TPSA) is 106 Å². The van der Waals surface area contributed by atoms with Gasteiger partial charge in [0.15, 0.2) is 0 Å². The van der Waals surface area contributed by atoms with E-state index in [1.807, 2.05) is 0 Å². The predicted octanol–water partition coefficient (Wildman–Crippen LogP) is -0.105. The number of amides is 1. The van der Waals surface area contributed by atoms with Crippen LogP contribution in [0.5, 0.6) is 0 Å². The molecule has 1 aliphatic rings. The lowest BCUT2D eigenvalue weighted by molar-refractivity contribution is -0.0192. The number of nitrogens with zero attached hydrogens (tertiary/aromatic N) is 2. The number of anilines is 2. The molecule has 2 rings (SSSR count). The molecule has 0 aromatic carbocycles. The van der Waals surface area contributed by atoms with Gasteiger partial charge in [-0.05, 0) is 18.7 Å². The smallest absolute Gasteiger partial charge is 0.267 e. The second-order valence-electron chi connectivity index (χ2n) is 4.77. The fourth-order valence-corrected chi connectivity index (χ4v) is 2.15. The average molecular weight is 279 g/mol. The number of nitrogens with two attached hydrogens (primary N) is 2. The molecule has 1 aromatic heterocycles. The molecule has 2 heterocycles. The second-order valence-corrected chi connectivity index (χ2v) is 4.77. The van der Waals surface area contributed by atoms with Gasteiger partial charge in [-0.2, -0.15) is 0 Å². The van der Waals surface area contributed by atoms with E-state index in [1.54, 1.807) is 6.07 Å². The number of hydrogen-bond donors (Lipinski definition) is 3. The van der Waals surface area contributed by atoms with E-state index in [2.05, 4.69) is 22.1 Å². The van der Waals surface area contributed by atoms with Crippen molar-refractivity contribution in [3.05, 3.63) is 17.8 Å². The van der Waals surface area contributed by atoms with Gasteiger partial charge in [-0.15, -0.1) is 0 Å². The van der Waals surface area contributed by atoms with E-state index in [-0.39, 0.29) is 11.8 Å². The Labute approximate surface area is 118 Å². The Balaban J connectivity index is 1.96. The summed E-state index contributed by atoms with van der Waals surface area (Å²) in [5, 5.41) is 3.13. The van der Waals surface area contributed by atoms with E-state index in [0.29, 0.717) is 18.1 Å². The molecular weight excluding hydrogens is 258 g/mol. The number of hydrogen-bond acceptors (Lipinski definition) is 6. The molecule has 5 N–H and O–H groups in total. The van der Waals surface area contributed by atoms with Crippen molar-refractivity contribution in [3.63, 3.8) is 0 Å². The molecule has 1 saturated heterocycles. The van der Waals surface area contributed by atoms with E-state index >= 15 is 0 Å². The van der Waals surface area contributed by atoms with Crippen LogP contribution in [0, 0.1) is 0 Å². The number of rotatable bonds is 5. The fourth-order valence-electron chi connectivity index (χ4n) is 2.15. The molecule has 20 heavy (non-hydrogen) atoms. The van der Waals surface area contributed by atoms with Crippen LogP contribution in [0.15, 0.2) is 12.1 Å². The maximum absolute atomic E-state index is 11.1. The van der Waals surface area contributed by atoms with E-state index in [9.17, 15) is 4.79 Å². The molecule has 0 radical (unpaired) electrons. The number of pyridine rings is 1. The molecule has 1 aliphatic heterocycles. The second kappa shape index (κ2) is 6.53. The van der Waals surface area contributed by atoms with Crippen molar-refractivity contribution in [2.75, 3.05) is 43.8 Å². The summed E-state index contributed by atoms with van der Waals surface area (Å²) in [6.07, 6.45) is 0.0853. The molecule has 1 unspecified atom stereocenters. The minimum Gasteiger partial charge on any atom is -0.396 e. The van der Waals surface area contributed by atoms with Crippen molar-refractivity contribution in [2.24, 2.45) is 5.73 Å². The van der Waals surface area contributed by atoms with Crippen molar-refractivity contribution >= 4 is 17.4 Å². The third-order valence-electron chi connectivity index (χ3n) is 3.35. The zero-order valence-corrected chi connectivity index (χ0v) is 11.6. The van der Waals surface area contributed by atoms with Gasteiger partial charge in [-0.25, -0.2) is 4.98 Å². The van der Waals surface area contributed by atoms with Crippen LogP contribution in [-0.2, 0) is 4.74 Å². The summed E-state index contributed by atoms with van der Waals surface area (Å²) < 4.78 is 5.68. The number of morpholine rings is 1. The highest BCUT2D eigenvalue weighted by molar-refractivity contribution is 5.91. The molecular formula is C13H21N5O2. The number of nitrogens with one attached hydrogen (secondary N) is 1. The van der Waals surface area contributed by atoms with Gasteiger partial charge in [0, 0.05) is 19.6 Å². The normalized spacial score (nSPS) is 19.8. The Bertz CT molecular complexity index is 480. The lowest BCUT2D eigenvalue weighted by Gasteiger charge is -2.32. The minimum absolute atomic E-state index is 0.0853. The van der Waals surface area contributed by atoms with Gasteiger partial charge >= 0.3 is 0 Å². The molecule has 0 aliphatic carbocycles. The number of primary amides is 1. The first-order valence-corrected chi connectivity index (χ1v) is 6.74. The van der Waals surface area contributed by atoms with Gasteiger partial charge in [-0.3, -0.25) is 9.69 Å². The molecule has 1 atom stereocenters. The van der Waals surface area contributed by atoms with Crippen molar-refractivity contribution in [1.29, 1.82) is 0 Å². The van der Waals surface area contributed by atoms with E-state index in [0.717, 1.165) is 26.2 Å². The number of carbonyl (C=O) groups is 1. The third kappa shape index (κ3) is 3.58. The first-order chi connectivity index (χ1) is 9.60. The number of likely N-dealkylation sites (N-methyl/N-ethyl adjacent to an activating group) is 1. The summed E-state index contributed by atoms with van der Waals surface area (Å²) in [6, 6.07) is 3.13. The summed E-state index contributed by atoms with van der Waals surface area (Å²) in [4.78, 5) is 17.6. The van der Waals surface area contributed by atoms with E-state index in [1.165, 1.54) is 6.07 Å². The monoisotopic (exact) mass is 279 g/mol. The molecule has 0 spiro atoms. The Kier molecular flexibility index (Phi) is 4.75. The van der Waals surface area contributed by atoms with Crippen molar-refractivity contribution in [3.8, 4) is 0 Å². The van der Waals surface area contributed by atoms with Crippen molar-refractivity contribution in [1.82, 2.24) is 9.88 Å². The highest BCUT2D eigenvalue weighted by Gasteiger charge is 2.19. The van der Waals surface area contributed by atoms with Gasteiger partial charge in [0.25, 0.3) is 5.91 Å². The summed E-state index contributed by atoms with van der Waals surface area (Å²) in [7, 11) is 0. The third-order valence-corrected chi connectivity index (χ3v) is 3.35.